The molecule has 6 heteroatoms. The Bertz CT molecular complexity index is 534. The van der Waals surface area contributed by atoms with Gasteiger partial charge in [0.15, 0.2) is 0 Å². The molecule has 6 nitrogen and oxygen atoms in total. The van der Waals surface area contributed by atoms with Crippen molar-refractivity contribution in [3.05, 3.63) is 24.2 Å². The van der Waals surface area contributed by atoms with Gasteiger partial charge >= 0.3 is 0 Å². The highest BCUT2D eigenvalue weighted by Crippen LogP contribution is 2.24. The third-order valence-corrected chi connectivity index (χ3v) is 3.79. The van der Waals surface area contributed by atoms with Gasteiger partial charge in [0.1, 0.15) is 5.69 Å². The standard InChI is InChI=1S/C14H19N5O/c1-11(19-9-4-2-3-5-10-19)14-16-13(18-20-14)12-7-6-8-15-17-12/h6-8,11H,2-5,9-10H2,1H3. The highest BCUT2D eigenvalue weighted by molar-refractivity contribution is 5.46. The van der Waals surface area contributed by atoms with Crippen LogP contribution in [0.25, 0.3) is 11.5 Å². The minimum Gasteiger partial charge on any atom is -0.337 e. The van der Waals surface area contributed by atoms with Gasteiger partial charge in [0.25, 0.3) is 0 Å². The molecule has 2 aromatic rings. The van der Waals surface area contributed by atoms with Crippen LogP contribution in [0, 0.1) is 0 Å². The molecule has 0 amide bonds. The van der Waals surface area contributed by atoms with Gasteiger partial charge in [-0.3, -0.25) is 4.90 Å². The number of rotatable bonds is 3. The summed E-state index contributed by atoms with van der Waals surface area (Å²) < 4.78 is 5.40. The maximum Gasteiger partial charge on any atom is 0.244 e. The van der Waals surface area contributed by atoms with E-state index in [0.29, 0.717) is 17.4 Å². The second kappa shape index (κ2) is 6.09. The van der Waals surface area contributed by atoms with Crippen LogP contribution in [-0.2, 0) is 0 Å². The molecular weight excluding hydrogens is 254 g/mol. The monoisotopic (exact) mass is 273 g/mol. The highest BCUT2D eigenvalue weighted by Gasteiger charge is 2.23. The van der Waals surface area contributed by atoms with Crippen molar-refractivity contribution in [1.82, 2.24) is 25.2 Å². The molecule has 0 spiro atoms. The topological polar surface area (TPSA) is 67.9 Å². The Balaban J connectivity index is 1.75. The molecule has 3 rings (SSSR count). The van der Waals surface area contributed by atoms with Crippen molar-refractivity contribution in [2.45, 2.75) is 38.6 Å². The van der Waals surface area contributed by atoms with E-state index in [1.54, 1.807) is 6.20 Å². The Morgan fingerprint density at radius 3 is 2.70 bits per heavy atom. The van der Waals surface area contributed by atoms with E-state index in [4.69, 9.17) is 4.52 Å². The number of hydrogen-bond donors (Lipinski definition) is 0. The molecule has 2 aromatic heterocycles. The fourth-order valence-corrected chi connectivity index (χ4v) is 2.57. The van der Waals surface area contributed by atoms with Gasteiger partial charge < -0.3 is 4.52 Å². The van der Waals surface area contributed by atoms with E-state index in [2.05, 4.69) is 32.2 Å². The summed E-state index contributed by atoms with van der Waals surface area (Å²) in [5, 5.41) is 11.8. The second-order valence-electron chi connectivity index (χ2n) is 5.19. The molecule has 0 aliphatic carbocycles. The number of nitrogens with zero attached hydrogens (tertiary/aromatic N) is 5. The zero-order valence-corrected chi connectivity index (χ0v) is 11.7. The quantitative estimate of drug-likeness (QED) is 0.855. The van der Waals surface area contributed by atoms with Crippen molar-refractivity contribution >= 4 is 0 Å². The molecule has 0 radical (unpaired) electrons. The molecule has 1 aliphatic heterocycles. The van der Waals surface area contributed by atoms with Gasteiger partial charge in [0.2, 0.25) is 11.7 Å². The average molecular weight is 273 g/mol. The number of hydrogen-bond acceptors (Lipinski definition) is 6. The summed E-state index contributed by atoms with van der Waals surface area (Å²) in [5.74, 6) is 1.17. The van der Waals surface area contributed by atoms with Crippen molar-refractivity contribution < 1.29 is 4.52 Å². The van der Waals surface area contributed by atoms with Crippen LogP contribution in [0.5, 0.6) is 0 Å². The lowest BCUT2D eigenvalue weighted by atomic mass is 10.2. The molecule has 0 aromatic carbocycles. The lowest BCUT2D eigenvalue weighted by Crippen LogP contribution is -2.28. The molecule has 1 unspecified atom stereocenters. The average Bonchev–Trinajstić information content (AvgIpc) is 2.83. The third-order valence-electron chi connectivity index (χ3n) is 3.79. The number of likely N-dealkylation sites (tertiary alicyclic amines) is 1. The minimum absolute atomic E-state index is 0.158. The first kappa shape index (κ1) is 13.2. The van der Waals surface area contributed by atoms with Crippen molar-refractivity contribution in [2.75, 3.05) is 13.1 Å². The van der Waals surface area contributed by atoms with Crippen LogP contribution >= 0.6 is 0 Å². The lowest BCUT2D eigenvalue weighted by Gasteiger charge is -2.24. The van der Waals surface area contributed by atoms with Crippen LogP contribution in [-0.4, -0.2) is 38.3 Å². The molecule has 0 N–H and O–H groups in total. The van der Waals surface area contributed by atoms with Crippen molar-refractivity contribution in [3.8, 4) is 11.5 Å². The van der Waals surface area contributed by atoms with Crippen molar-refractivity contribution in [3.63, 3.8) is 0 Å². The molecule has 1 fully saturated rings. The van der Waals surface area contributed by atoms with Gasteiger partial charge in [-0.15, -0.1) is 5.10 Å². The second-order valence-corrected chi connectivity index (χ2v) is 5.19. The summed E-state index contributed by atoms with van der Waals surface area (Å²) in [5.41, 5.74) is 0.644. The molecule has 0 saturated carbocycles. The molecule has 1 aliphatic rings. The maximum atomic E-state index is 5.40. The van der Waals surface area contributed by atoms with Crippen LogP contribution in [0.3, 0.4) is 0 Å². The summed E-state index contributed by atoms with van der Waals surface area (Å²) in [6.45, 7) is 4.33. The van der Waals surface area contributed by atoms with Crippen molar-refractivity contribution in [1.29, 1.82) is 0 Å². The van der Waals surface area contributed by atoms with Crippen LogP contribution in [0.2, 0.25) is 0 Å². The Labute approximate surface area is 118 Å². The van der Waals surface area contributed by atoms with Crippen molar-refractivity contribution in [2.24, 2.45) is 0 Å². The fraction of sp³-hybridized carbons (Fsp3) is 0.571. The zero-order chi connectivity index (χ0) is 13.8. The summed E-state index contributed by atoms with van der Waals surface area (Å²) in [7, 11) is 0. The first-order valence-corrected chi connectivity index (χ1v) is 7.20. The smallest absolute Gasteiger partial charge is 0.244 e. The normalized spacial score (nSPS) is 18.6. The molecule has 20 heavy (non-hydrogen) atoms. The maximum absolute atomic E-state index is 5.40. The van der Waals surface area contributed by atoms with Gasteiger partial charge in [-0.05, 0) is 45.0 Å². The van der Waals surface area contributed by atoms with E-state index < -0.39 is 0 Å². The van der Waals surface area contributed by atoms with Gasteiger partial charge in [0.05, 0.1) is 6.04 Å². The fourth-order valence-electron chi connectivity index (χ4n) is 2.57. The van der Waals surface area contributed by atoms with E-state index in [0.717, 1.165) is 13.1 Å². The van der Waals surface area contributed by atoms with Gasteiger partial charge in [-0.2, -0.15) is 10.1 Å². The van der Waals surface area contributed by atoms with Crippen LogP contribution < -0.4 is 0 Å². The summed E-state index contributed by atoms with van der Waals surface area (Å²) in [6.07, 6.45) is 6.76. The van der Waals surface area contributed by atoms with Crippen LogP contribution in [0.4, 0.5) is 0 Å². The summed E-state index contributed by atoms with van der Waals surface area (Å²) in [4.78, 5) is 6.88. The Morgan fingerprint density at radius 1 is 1.20 bits per heavy atom. The third kappa shape index (κ3) is 2.85. The molecule has 3 heterocycles. The highest BCUT2D eigenvalue weighted by atomic mass is 16.5. The summed E-state index contributed by atoms with van der Waals surface area (Å²) >= 11 is 0. The molecular formula is C14H19N5O. The zero-order valence-electron chi connectivity index (χ0n) is 11.7. The Morgan fingerprint density at radius 2 is 2.00 bits per heavy atom. The Hall–Kier alpha value is -1.82. The van der Waals surface area contributed by atoms with Gasteiger partial charge in [-0.1, -0.05) is 18.0 Å². The minimum atomic E-state index is 0.158. The summed E-state index contributed by atoms with van der Waals surface area (Å²) in [6, 6.07) is 3.81. The van der Waals surface area contributed by atoms with Gasteiger partial charge in [-0.25, -0.2) is 0 Å². The van der Waals surface area contributed by atoms with Crippen LogP contribution in [0.1, 0.15) is 44.5 Å². The SMILES string of the molecule is CC(c1nc(-c2cccnn2)no1)N1CCCCCC1. The first-order valence-electron chi connectivity index (χ1n) is 7.20. The predicted molar refractivity (Wildman–Crippen MR) is 73.8 cm³/mol. The number of aromatic nitrogens is 4. The van der Waals surface area contributed by atoms with Gasteiger partial charge in [0, 0.05) is 6.20 Å². The predicted octanol–water partition coefficient (Wildman–Crippen LogP) is 2.46. The van der Waals surface area contributed by atoms with E-state index in [1.807, 2.05) is 12.1 Å². The molecule has 106 valence electrons. The molecule has 1 atom stereocenters. The van der Waals surface area contributed by atoms with Crippen LogP contribution in [0.15, 0.2) is 22.9 Å². The largest absolute Gasteiger partial charge is 0.337 e. The first-order chi connectivity index (χ1) is 9.84. The van der Waals surface area contributed by atoms with E-state index in [-0.39, 0.29) is 6.04 Å². The lowest BCUT2D eigenvalue weighted by molar-refractivity contribution is 0.179. The van der Waals surface area contributed by atoms with E-state index in [9.17, 15) is 0 Å². The van der Waals surface area contributed by atoms with E-state index in [1.165, 1.54) is 25.7 Å². The Kier molecular flexibility index (Phi) is 4.01. The molecule has 1 saturated heterocycles. The molecule has 0 bridgehead atoms. The van der Waals surface area contributed by atoms with E-state index >= 15 is 0 Å².